The van der Waals surface area contributed by atoms with Crippen LogP contribution in [0.1, 0.15) is 15.9 Å². The van der Waals surface area contributed by atoms with Gasteiger partial charge in [0.05, 0.1) is 4.92 Å². The number of benzene rings is 2. The van der Waals surface area contributed by atoms with Crippen LogP contribution in [-0.4, -0.2) is 17.3 Å². The van der Waals surface area contributed by atoms with Gasteiger partial charge in [0.15, 0.2) is 6.61 Å². The Labute approximate surface area is 129 Å². The average Bonchev–Trinajstić information content (AvgIpc) is 2.45. The van der Waals surface area contributed by atoms with E-state index in [1.54, 1.807) is 31.2 Å². The van der Waals surface area contributed by atoms with E-state index in [1.165, 1.54) is 12.1 Å². The van der Waals surface area contributed by atoms with Crippen molar-refractivity contribution >= 4 is 27.4 Å². The fraction of sp³-hybridized carbons (Fsp3) is 0.133. The van der Waals surface area contributed by atoms with E-state index in [9.17, 15) is 14.9 Å². The van der Waals surface area contributed by atoms with Crippen molar-refractivity contribution in [3.8, 4) is 5.75 Å². The smallest absolute Gasteiger partial charge is 0.272 e. The second kappa shape index (κ2) is 6.49. The van der Waals surface area contributed by atoms with E-state index in [0.29, 0.717) is 21.3 Å². The molecule has 0 N–H and O–H groups in total. The van der Waals surface area contributed by atoms with Crippen LogP contribution in [0.2, 0.25) is 0 Å². The largest absolute Gasteiger partial charge is 0.485 e. The summed E-state index contributed by atoms with van der Waals surface area (Å²) in [5, 5.41) is 10.7. The summed E-state index contributed by atoms with van der Waals surface area (Å²) in [6, 6.07) is 11.5. The van der Waals surface area contributed by atoms with Crippen molar-refractivity contribution in [2.75, 3.05) is 6.61 Å². The van der Waals surface area contributed by atoms with Gasteiger partial charge in [0.1, 0.15) is 5.75 Å². The third-order valence-electron chi connectivity index (χ3n) is 2.91. The second-order valence-electron chi connectivity index (χ2n) is 4.40. The highest BCUT2D eigenvalue weighted by Gasteiger charge is 2.13. The first-order valence-electron chi connectivity index (χ1n) is 6.14. The Morgan fingerprint density at radius 1 is 1.29 bits per heavy atom. The lowest BCUT2D eigenvalue weighted by atomic mass is 10.1. The molecular formula is C15H12BrNO4. The van der Waals surface area contributed by atoms with Gasteiger partial charge in [-0.1, -0.05) is 34.1 Å². The molecule has 0 unspecified atom stereocenters. The molecule has 0 aliphatic rings. The topological polar surface area (TPSA) is 69.4 Å². The minimum Gasteiger partial charge on any atom is -0.485 e. The minimum atomic E-state index is -0.453. The molecule has 0 aromatic heterocycles. The summed E-state index contributed by atoms with van der Waals surface area (Å²) in [6.07, 6.45) is 0. The van der Waals surface area contributed by atoms with Crippen LogP contribution >= 0.6 is 15.9 Å². The van der Waals surface area contributed by atoms with E-state index >= 15 is 0 Å². The van der Waals surface area contributed by atoms with Crippen LogP contribution in [0.25, 0.3) is 0 Å². The van der Waals surface area contributed by atoms with Gasteiger partial charge in [-0.05, 0) is 25.1 Å². The maximum atomic E-state index is 12.0. The predicted molar refractivity (Wildman–Crippen MR) is 81.8 cm³/mol. The van der Waals surface area contributed by atoms with Gasteiger partial charge in [0.2, 0.25) is 5.78 Å². The number of ketones is 1. The highest BCUT2D eigenvalue weighted by Crippen LogP contribution is 2.23. The lowest BCUT2D eigenvalue weighted by Gasteiger charge is -2.07. The molecular weight excluding hydrogens is 338 g/mol. The molecule has 0 aliphatic carbocycles. The Kier molecular flexibility index (Phi) is 4.70. The van der Waals surface area contributed by atoms with Crippen LogP contribution in [0.4, 0.5) is 5.69 Å². The van der Waals surface area contributed by atoms with Gasteiger partial charge in [0, 0.05) is 21.7 Å². The number of Topliss-reactive ketones (excluding diaryl/α,β-unsaturated/α-hetero) is 1. The zero-order valence-corrected chi connectivity index (χ0v) is 12.8. The molecule has 2 aromatic rings. The molecule has 0 radical (unpaired) electrons. The molecule has 0 atom stereocenters. The number of nitro benzene ring substituents is 1. The quantitative estimate of drug-likeness (QED) is 0.465. The fourth-order valence-electron chi connectivity index (χ4n) is 1.84. The molecule has 108 valence electrons. The molecule has 0 heterocycles. The Hall–Kier alpha value is -2.21. The van der Waals surface area contributed by atoms with Gasteiger partial charge in [-0.3, -0.25) is 14.9 Å². The second-order valence-corrected chi connectivity index (χ2v) is 5.25. The zero-order valence-electron chi connectivity index (χ0n) is 11.2. The number of rotatable bonds is 5. The zero-order chi connectivity index (χ0) is 15.4. The Bertz CT molecular complexity index is 700. The van der Waals surface area contributed by atoms with Crippen LogP contribution in [0, 0.1) is 17.0 Å². The number of nitro groups is 1. The summed E-state index contributed by atoms with van der Waals surface area (Å²) < 4.78 is 6.11. The number of halogens is 1. The van der Waals surface area contributed by atoms with Crippen molar-refractivity contribution < 1.29 is 14.5 Å². The molecule has 5 nitrogen and oxygen atoms in total. The number of aryl methyl sites for hydroxylation is 1. The molecule has 0 fully saturated rings. The SMILES string of the molecule is Cc1cc(OCC(=O)c2ccccc2Br)ccc1[N+](=O)[O-]. The van der Waals surface area contributed by atoms with Gasteiger partial charge in [-0.15, -0.1) is 0 Å². The number of hydrogen-bond acceptors (Lipinski definition) is 4. The molecule has 0 spiro atoms. The molecule has 6 heteroatoms. The predicted octanol–water partition coefficient (Wildman–Crippen LogP) is 3.93. The highest BCUT2D eigenvalue weighted by atomic mass is 79.9. The summed E-state index contributed by atoms with van der Waals surface area (Å²) in [5.74, 6) is 0.261. The Balaban J connectivity index is 2.07. The number of carbonyl (C=O) groups is 1. The number of ether oxygens (including phenoxy) is 1. The summed E-state index contributed by atoms with van der Waals surface area (Å²) >= 11 is 3.31. The van der Waals surface area contributed by atoms with Crippen LogP contribution in [0.15, 0.2) is 46.9 Å². The van der Waals surface area contributed by atoms with Crippen LogP contribution < -0.4 is 4.74 Å². The third kappa shape index (κ3) is 3.66. The van der Waals surface area contributed by atoms with E-state index in [1.807, 2.05) is 6.07 Å². The van der Waals surface area contributed by atoms with Gasteiger partial charge in [-0.25, -0.2) is 0 Å². The maximum Gasteiger partial charge on any atom is 0.272 e. The fourth-order valence-corrected chi connectivity index (χ4v) is 2.34. The van der Waals surface area contributed by atoms with Gasteiger partial charge < -0.3 is 4.74 Å². The number of nitrogens with zero attached hydrogens (tertiary/aromatic N) is 1. The Morgan fingerprint density at radius 3 is 2.62 bits per heavy atom. The molecule has 0 bridgehead atoms. The molecule has 0 saturated heterocycles. The van der Waals surface area contributed by atoms with Crippen molar-refractivity contribution in [2.24, 2.45) is 0 Å². The van der Waals surface area contributed by atoms with Crippen LogP contribution in [-0.2, 0) is 0 Å². The molecule has 0 aliphatic heterocycles. The molecule has 0 saturated carbocycles. The van der Waals surface area contributed by atoms with E-state index in [4.69, 9.17) is 4.74 Å². The van der Waals surface area contributed by atoms with Crippen molar-refractivity contribution in [1.82, 2.24) is 0 Å². The Morgan fingerprint density at radius 2 is 2.00 bits per heavy atom. The number of hydrogen-bond donors (Lipinski definition) is 0. The van der Waals surface area contributed by atoms with Crippen LogP contribution in [0.5, 0.6) is 5.75 Å². The normalized spacial score (nSPS) is 10.2. The summed E-state index contributed by atoms with van der Waals surface area (Å²) in [7, 11) is 0. The number of carbonyl (C=O) groups excluding carboxylic acids is 1. The standard InChI is InChI=1S/C15H12BrNO4/c1-10-8-11(6-7-14(10)17(19)20)21-9-15(18)12-4-2-3-5-13(12)16/h2-8H,9H2,1H3. The minimum absolute atomic E-state index is 0.0273. The molecule has 0 amide bonds. The van der Waals surface area contributed by atoms with Crippen molar-refractivity contribution in [3.05, 3.63) is 68.2 Å². The van der Waals surface area contributed by atoms with Gasteiger partial charge in [-0.2, -0.15) is 0 Å². The van der Waals surface area contributed by atoms with Gasteiger partial charge >= 0.3 is 0 Å². The average molecular weight is 350 g/mol. The highest BCUT2D eigenvalue weighted by molar-refractivity contribution is 9.10. The van der Waals surface area contributed by atoms with Crippen LogP contribution in [0.3, 0.4) is 0 Å². The maximum absolute atomic E-state index is 12.0. The first-order valence-corrected chi connectivity index (χ1v) is 6.94. The molecule has 2 aromatic carbocycles. The summed E-state index contributed by atoms with van der Waals surface area (Å²) in [5.41, 5.74) is 1.06. The monoisotopic (exact) mass is 349 g/mol. The molecule has 21 heavy (non-hydrogen) atoms. The first kappa shape index (κ1) is 15.2. The third-order valence-corrected chi connectivity index (χ3v) is 3.60. The molecule has 2 rings (SSSR count). The summed E-state index contributed by atoms with van der Waals surface area (Å²) in [6.45, 7) is 1.50. The van der Waals surface area contributed by atoms with Crippen molar-refractivity contribution in [2.45, 2.75) is 6.92 Å². The van der Waals surface area contributed by atoms with E-state index in [-0.39, 0.29) is 18.1 Å². The van der Waals surface area contributed by atoms with Crippen molar-refractivity contribution in [1.29, 1.82) is 0 Å². The lowest BCUT2D eigenvalue weighted by molar-refractivity contribution is -0.385. The van der Waals surface area contributed by atoms with Crippen molar-refractivity contribution in [3.63, 3.8) is 0 Å². The lowest BCUT2D eigenvalue weighted by Crippen LogP contribution is -2.12. The summed E-state index contributed by atoms with van der Waals surface area (Å²) in [4.78, 5) is 22.3. The first-order chi connectivity index (χ1) is 9.99. The van der Waals surface area contributed by atoms with E-state index < -0.39 is 4.92 Å². The van der Waals surface area contributed by atoms with E-state index in [0.717, 1.165) is 0 Å². The van der Waals surface area contributed by atoms with E-state index in [2.05, 4.69) is 15.9 Å². The van der Waals surface area contributed by atoms with Gasteiger partial charge in [0.25, 0.3) is 5.69 Å².